The highest BCUT2D eigenvalue weighted by Gasteiger charge is 2.13. The summed E-state index contributed by atoms with van der Waals surface area (Å²) in [4.78, 5) is 37.8. The molecule has 1 fully saturated rings. The third-order valence-electron chi connectivity index (χ3n) is 4.60. The van der Waals surface area contributed by atoms with Crippen molar-refractivity contribution in [1.82, 2.24) is 0 Å². The summed E-state index contributed by atoms with van der Waals surface area (Å²) < 4.78 is 5.04. The second-order valence-electron chi connectivity index (χ2n) is 6.83. The smallest absolute Gasteiger partial charge is 0.338 e. The van der Waals surface area contributed by atoms with Crippen LogP contribution < -0.4 is 15.5 Å². The summed E-state index contributed by atoms with van der Waals surface area (Å²) in [5, 5.41) is 13.7. The minimum absolute atomic E-state index is 0.246. The highest BCUT2D eigenvalue weighted by molar-refractivity contribution is 5.96. The number of carbonyl (C=O) groups excluding carboxylic acids is 3. The third-order valence-corrected chi connectivity index (χ3v) is 4.60. The zero-order valence-corrected chi connectivity index (χ0v) is 16.4. The lowest BCUT2D eigenvalue weighted by molar-refractivity contribution is -0.119. The molecule has 0 saturated carbocycles. The van der Waals surface area contributed by atoms with Crippen molar-refractivity contribution in [2.75, 3.05) is 35.2 Å². The maximum absolute atomic E-state index is 12.1. The van der Waals surface area contributed by atoms with Crippen molar-refractivity contribution in [2.24, 2.45) is 0 Å². The van der Waals surface area contributed by atoms with Gasteiger partial charge in [0.15, 0.2) is 6.61 Å². The fraction of sp³-hybridized carbons (Fsp3) is 0.273. The Morgan fingerprint density at radius 2 is 1.47 bits per heavy atom. The van der Waals surface area contributed by atoms with Gasteiger partial charge in [-0.3, -0.25) is 9.59 Å². The van der Waals surface area contributed by atoms with E-state index < -0.39 is 24.4 Å². The number of nitrogens with zero attached hydrogens (tertiary/aromatic N) is 2. The minimum atomic E-state index is -0.649. The molecule has 8 heteroatoms. The number of hydrogen-bond donors (Lipinski definition) is 2. The van der Waals surface area contributed by atoms with E-state index in [2.05, 4.69) is 15.5 Å². The summed E-state index contributed by atoms with van der Waals surface area (Å²) in [6.07, 6.45) is 2.14. The fourth-order valence-electron chi connectivity index (χ4n) is 3.11. The van der Waals surface area contributed by atoms with Crippen molar-refractivity contribution >= 4 is 34.8 Å². The molecule has 0 unspecified atom stereocenters. The van der Waals surface area contributed by atoms with E-state index in [1.807, 2.05) is 24.3 Å². The Balaban J connectivity index is 1.45. The van der Waals surface area contributed by atoms with Crippen molar-refractivity contribution in [2.45, 2.75) is 19.3 Å². The number of nitriles is 1. The number of esters is 1. The van der Waals surface area contributed by atoms with Gasteiger partial charge in [0.2, 0.25) is 5.91 Å². The highest BCUT2D eigenvalue weighted by atomic mass is 16.5. The Morgan fingerprint density at radius 3 is 2.07 bits per heavy atom. The second-order valence-corrected chi connectivity index (χ2v) is 6.83. The van der Waals surface area contributed by atoms with Crippen LogP contribution in [0, 0.1) is 11.3 Å². The van der Waals surface area contributed by atoms with Crippen LogP contribution >= 0.6 is 0 Å². The van der Waals surface area contributed by atoms with E-state index in [1.165, 1.54) is 37.1 Å². The predicted octanol–water partition coefficient (Wildman–Crippen LogP) is 2.93. The Morgan fingerprint density at radius 1 is 0.900 bits per heavy atom. The van der Waals surface area contributed by atoms with Crippen LogP contribution in [0.5, 0.6) is 0 Å². The molecule has 1 heterocycles. The molecule has 0 aromatic heterocycles. The largest absolute Gasteiger partial charge is 0.452 e. The average Bonchev–Trinajstić information content (AvgIpc) is 3.28. The molecule has 0 bridgehead atoms. The molecule has 0 radical (unpaired) electrons. The van der Waals surface area contributed by atoms with Crippen LogP contribution in [0.3, 0.4) is 0 Å². The Bertz CT molecular complexity index is 943. The van der Waals surface area contributed by atoms with Crippen LogP contribution in [-0.4, -0.2) is 37.5 Å². The molecule has 0 aliphatic carbocycles. The van der Waals surface area contributed by atoms with E-state index in [0.29, 0.717) is 11.4 Å². The molecular formula is C22H22N4O4. The molecule has 0 atom stereocenters. The lowest BCUT2D eigenvalue weighted by Crippen LogP contribution is -2.21. The molecule has 1 saturated heterocycles. The lowest BCUT2D eigenvalue weighted by Gasteiger charge is -2.17. The van der Waals surface area contributed by atoms with Crippen LogP contribution in [0.4, 0.5) is 17.1 Å². The number of amides is 2. The molecule has 30 heavy (non-hydrogen) atoms. The summed E-state index contributed by atoms with van der Waals surface area (Å²) in [5.41, 5.74) is 2.47. The van der Waals surface area contributed by atoms with Crippen LogP contribution in [0.15, 0.2) is 48.5 Å². The minimum Gasteiger partial charge on any atom is -0.452 e. The van der Waals surface area contributed by atoms with Crippen LogP contribution in [0.25, 0.3) is 0 Å². The van der Waals surface area contributed by atoms with Crippen LogP contribution in [0.2, 0.25) is 0 Å². The normalized spacial score (nSPS) is 12.7. The number of anilines is 3. The molecule has 3 rings (SSSR count). The molecule has 2 amide bonds. The van der Waals surface area contributed by atoms with Crippen molar-refractivity contribution in [1.29, 1.82) is 5.26 Å². The summed E-state index contributed by atoms with van der Waals surface area (Å²) in [6, 6.07) is 15.3. The first-order valence-corrected chi connectivity index (χ1v) is 9.64. The SMILES string of the molecule is N#CCC(=O)Nc1ccc(C(=O)OCC(=O)Nc2ccc(N3CCCC3)cc2)cc1. The first-order chi connectivity index (χ1) is 14.5. The lowest BCUT2D eigenvalue weighted by atomic mass is 10.2. The van der Waals surface area contributed by atoms with Gasteiger partial charge < -0.3 is 20.3 Å². The first kappa shape index (κ1) is 20.9. The van der Waals surface area contributed by atoms with E-state index in [4.69, 9.17) is 10.00 Å². The van der Waals surface area contributed by atoms with Crippen molar-refractivity contribution in [3.8, 4) is 6.07 Å². The maximum atomic E-state index is 12.1. The third kappa shape index (κ3) is 5.82. The summed E-state index contributed by atoms with van der Waals surface area (Å²) in [7, 11) is 0. The van der Waals surface area contributed by atoms with Gasteiger partial charge in [0, 0.05) is 30.2 Å². The molecule has 1 aliphatic heterocycles. The number of hydrogen-bond acceptors (Lipinski definition) is 6. The Kier molecular flexibility index (Phi) is 7.00. The van der Waals surface area contributed by atoms with Crippen molar-refractivity contribution in [3.05, 3.63) is 54.1 Å². The molecule has 2 aromatic carbocycles. The predicted molar refractivity (Wildman–Crippen MR) is 112 cm³/mol. The summed E-state index contributed by atoms with van der Waals surface area (Å²) in [6.45, 7) is 1.69. The van der Waals surface area contributed by atoms with Crippen LogP contribution in [0.1, 0.15) is 29.6 Å². The molecule has 2 N–H and O–H groups in total. The molecule has 154 valence electrons. The second kappa shape index (κ2) is 10.1. The number of rotatable bonds is 7. The Labute approximate surface area is 174 Å². The number of carbonyl (C=O) groups is 3. The first-order valence-electron chi connectivity index (χ1n) is 9.64. The average molecular weight is 406 g/mol. The van der Waals surface area contributed by atoms with E-state index in [9.17, 15) is 14.4 Å². The van der Waals surface area contributed by atoms with Crippen molar-refractivity contribution in [3.63, 3.8) is 0 Å². The summed E-state index contributed by atoms with van der Waals surface area (Å²) in [5.74, 6) is -1.51. The molecule has 0 spiro atoms. The molecule has 2 aromatic rings. The van der Waals surface area contributed by atoms with Gasteiger partial charge in [0.05, 0.1) is 11.6 Å². The van der Waals surface area contributed by atoms with Gasteiger partial charge in [-0.15, -0.1) is 0 Å². The van der Waals surface area contributed by atoms with E-state index >= 15 is 0 Å². The van der Waals surface area contributed by atoms with Gasteiger partial charge in [-0.25, -0.2) is 4.79 Å². The number of nitrogens with one attached hydrogen (secondary N) is 2. The van der Waals surface area contributed by atoms with Gasteiger partial charge in [-0.05, 0) is 61.4 Å². The zero-order chi connectivity index (χ0) is 21.3. The highest BCUT2D eigenvalue weighted by Crippen LogP contribution is 2.22. The van der Waals surface area contributed by atoms with Crippen molar-refractivity contribution < 1.29 is 19.1 Å². The summed E-state index contributed by atoms with van der Waals surface area (Å²) >= 11 is 0. The van der Waals surface area contributed by atoms with E-state index in [1.54, 1.807) is 6.07 Å². The van der Waals surface area contributed by atoms with Gasteiger partial charge in [0.1, 0.15) is 6.42 Å². The Hall–Kier alpha value is -3.86. The quantitative estimate of drug-likeness (QED) is 0.684. The van der Waals surface area contributed by atoms with Gasteiger partial charge in [-0.1, -0.05) is 0 Å². The zero-order valence-electron chi connectivity index (χ0n) is 16.4. The van der Waals surface area contributed by atoms with Gasteiger partial charge in [0.25, 0.3) is 5.91 Å². The molecular weight excluding hydrogens is 384 g/mol. The topological polar surface area (TPSA) is 112 Å². The number of ether oxygens (including phenoxy) is 1. The molecule has 1 aliphatic rings. The number of benzene rings is 2. The molecule has 8 nitrogen and oxygen atoms in total. The maximum Gasteiger partial charge on any atom is 0.338 e. The van der Waals surface area contributed by atoms with Gasteiger partial charge in [-0.2, -0.15) is 5.26 Å². The van der Waals surface area contributed by atoms with E-state index in [0.717, 1.165) is 18.8 Å². The van der Waals surface area contributed by atoms with Gasteiger partial charge >= 0.3 is 5.97 Å². The van der Waals surface area contributed by atoms with E-state index in [-0.39, 0.29) is 12.0 Å². The van der Waals surface area contributed by atoms with Crippen LogP contribution in [-0.2, 0) is 14.3 Å². The fourth-order valence-corrected chi connectivity index (χ4v) is 3.11. The standard InChI is InChI=1S/C22H22N4O4/c23-12-11-20(27)24-17-5-3-16(4-6-17)22(29)30-15-21(28)25-18-7-9-19(10-8-18)26-13-1-2-14-26/h3-10H,1-2,11,13-15H2,(H,24,27)(H,25,28). The monoisotopic (exact) mass is 406 g/mol.